The topological polar surface area (TPSA) is 56.3 Å². The van der Waals surface area contributed by atoms with Crippen molar-refractivity contribution in [1.29, 1.82) is 0 Å². The molecule has 0 spiro atoms. The molecule has 2 aromatic rings. The second kappa shape index (κ2) is 7.62. The first-order chi connectivity index (χ1) is 11.3. The zero-order valence-electron chi connectivity index (χ0n) is 13.8. The number of nitrogens with zero attached hydrogens (tertiary/aromatic N) is 3. The van der Waals surface area contributed by atoms with Crippen LogP contribution in [0, 0.1) is 0 Å². The van der Waals surface area contributed by atoms with Gasteiger partial charge in [0.1, 0.15) is 17.7 Å². The van der Waals surface area contributed by atoms with E-state index in [1.54, 1.807) is 0 Å². The quantitative estimate of drug-likeness (QED) is 0.889. The van der Waals surface area contributed by atoms with Crippen LogP contribution < -0.4 is 10.5 Å². The van der Waals surface area contributed by atoms with Crippen LogP contribution in [0.4, 0.5) is 0 Å². The van der Waals surface area contributed by atoms with Crippen molar-refractivity contribution in [2.75, 3.05) is 26.7 Å². The van der Waals surface area contributed by atoms with Gasteiger partial charge < -0.3 is 19.9 Å². The van der Waals surface area contributed by atoms with Crippen molar-refractivity contribution >= 4 is 0 Å². The highest BCUT2D eigenvalue weighted by Gasteiger charge is 2.20. The molecule has 1 fully saturated rings. The number of rotatable bonds is 6. The number of benzene rings is 1. The third-order valence-corrected chi connectivity index (χ3v) is 4.41. The average molecular weight is 314 g/mol. The molecule has 23 heavy (non-hydrogen) atoms. The van der Waals surface area contributed by atoms with Crippen LogP contribution in [0.2, 0.25) is 0 Å². The molecule has 1 saturated heterocycles. The maximum Gasteiger partial charge on any atom is 0.143 e. The molecular formula is C18H26N4O. The lowest BCUT2D eigenvalue weighted by atomic mass is 10.1. The fourth-order valence-electron chi connectivity index (χ4n) is 3.03. The predicted molar refractivity (Wildman–Crippen MR) is 92.5 cm³/mol. The zero-order valence-corrected chi connectivity index (χ0v) is 13.8. The van der Waals surface area contributed by atoms with Crippen LogP contribution in [-0.4, -0.2) is 47.2 Å². The third kappa shape index (κ3) is 3.92. The summed E-state index contributed by atoms with van der Waals surface area (Å²) in [5.74, 6) is 1.89. The summed E-state index contributed by atoms with van der Waals surface area (Å²) in [6, 6.07) is 8.21. The monoisotopic (exact) mass is 314 g/mol. The Balaban J connectivity index is 1.79. The number of piperidine rings is 1. The number of hydrogen-bond acceptors (Lipinski definition) is 4. The lowest BCUT2D eigenvalue weighted by molar-refractivity contribution is 0.115. The molecule has 5 heteroatoms. The van der Waals surface area contributed by atoms with Gasteiger partial charge in [0, 0.05) is 32.0 Å². The van der Waals surface area contributed by atoms with Crippen molar-refractivity contribution in [3.8, 4) is 17.1 Å². The van der Waals surface area contributed by atoms with Gasteiger partial charge in [0.2, 0.25) is 0 Å². The minimum absolute atomic E-state index is 0.291. The fraction of sp³-hybridized carbons (Fsp3) is 0.500. The smallest absolute Gasteiger partial charge is 0.143 e. The first kappa shape index (κ1) is 16.0. The van der Waals surface area contributed by atoms with Gasteiger partial charge in [0.15, 0.2) is 0 Å². The number of imidazole rings is 1. The van der Waals surface area contributed by atoms with Crippen molar-refractivity contribution in [2.24, 2.45) is 5.73 Å². The molecule has 0 bridgehead atoms. The number of hydrogen-bond donors (Lipinski definition) is 1. The van der Waals surface area contributed by atoms with Gasteiger partial charge in [-0.2, -0.15) is 0 Å². The molecular weight excluding hydrogens is 288 g/mol. The van der Waals surface area contributed by atoms with E-state index in [-0.39, 0.29) is 0 Å². The zero-order chi connectivity index (χ0) is 16.1. The van der Waals surface area contributed by atoms with Gasteiger partial charge in [-0.05, 0) is 45.0 Å². The predicted octanol–water partition coefficient (Wildman–Crippen LogP) is 2.37. The van der Waals surface area contributed by atoms with Crippen molar-refractivity contribution in [2.45, 2.75) is 31.9 Å². The Hall–Kier alpha value is -1.85. The van der Waals surface area contributed by atoms with Crippen molar-refractivity contribution in [3.63, 3.8) is 0 Å². The van der Waals surface area contributed by atoms with Gasteiger partial charge >= 0.3 is 0 Å². The minimum atomic E-state index is 0.291. The van der Waals surface area contributed by atoms with Crippen LogP contribution >= 0.6 is 0 Å². The summed E-state index contributed by atoms with van der Waals surface area (Å²) in [5, 5.41) is 0. The Morgan fingerprint density at radius 2 is 2.04 bits per heavy atom. The summed E-state index contributed by atoms with van der Waals surface area (Å²) in [4.78, 5) is 6.89. The molecule has 0 atom stereocenters. The first-order valence-electron chi connectivity index (χ1n) is 8.43. The molecule has 0 saturated carbocycles. The fourth-order valence-corrected chi connectivity index (χ4v) is 3.03. The van der Waals surface area contributed by atoms with E-state index < -0.39 is 0 Å². The van der Waals surface area contributed by atoms with Crippen LogP contribution in [0.25, 0.3) is 11.4 Å². The third-order valence-electron chi connectivity index (χ3n) is 4.41. The highest BCUT2D eigenvalue weighted by molar-refractivity contribution is 5.64. The maximum atomic E-state index is 6.31. The van der Waals surface area contributed by atoms with Crippen molar-refractivity contribution in [1.82, 2.24) is 14.5 Å². The van der Waals surface area contributed by atoms with E-state index in [1.807, 2.05) is 24.5 Å². The Labute approximate surface area is 138 Å². The van der Waals surface area contributed by atoms with Crippen LogP contribution in [0.3, 0.4) is 0 Å². The van der Waals surface area contributed by atoms with Crippen LogP contribution in [0.5, 0.6) is 5.75 Å². The molecule has 0 amide bonds. The number of ether oxygens (including phenoxy) is 1. The Morgan fingerprint density at radius 1 is 1.26 bits per heavy atom. The minimum Gasteiger partial charge on any atom is -0.490 e. The van der Waals surface area contributed by atoms with Gasteiger partial charge in [-0.3, -0.25) is 0 Å². The van der Waals surface area contributed by atoms with Crippen LogP contribution in [0.1, 0.15) is 19.3 Å². The molecule has 0 radical (unpaired) electrons. The van der Waals surface area contributed by atoms with Crippen molar-refractivity contribution < 1.29 is 4.74 Å². The average Bonchev–Trinajstić information content (AvgIpc) is 3.04. The van der Waals surface area contributed by atoms with Gasteiger partial charge in [-0.25, -0.2) is 4.98 Å². The lowest BCUT2D eigenvalue weighted by Crippen LogP contribution is -2.35. The molecule has 2 N–H and O–H groups in total. The molecule has 5 nitrogen and oxygen atoms in total. The number of aromatic nitrogens is 2. The Kier molecular flexibility index (Phi) is 5.31. The molecule has 3 rings (SSSR count). The van der Waals surface area contributed by atoms with E-state index in [1.165, 1.54) is 0 Å². The van der Waals surface area contributed by atoms with E-state index in [9.17, 15) is 0 Å². The lowest BCUT2D eigenvalue weighted by Gasteiger charge is -2.29. The molecule has 0 aliphatic carbocycles. The maximum absolute atomic E-state index is 6.31. The summed E-state index contributed by atoms with van der Waals surface area (Å²) in [5.41, 5.74) is 6.70. The molecule has 1 aliphatic rings. The second-order valence-electron chi connectivity index (χ2n) is 6.20. The second-order valence-corrected chi connectivity index (χ2v) is 6.20. The van der Waals surface area contributed by atoms with Gasteiger partial charge in [-0.1, -0.05) is 12.1 Å². The summed E-state index contributed by atoms with van der Waals surface area (Å²) in [6.45, 7) is 3.76. The normalized spacial score (nSPS) is 16.6. The molecule has 2 heterocycles. The summed E-state index contributed by atoms with van der Waals surface area (Å²) in [7, 11) is 2.17. The Bertz CT molecular complexity index is 617. The molecule has 1 aromatic heterocycles. The number of para-hydroxylation sites is 1. The van der Waals surface area contributed by atoms with E-state index >= 15 is 0 Å². The van der Waals surface area contributed by atoms with Crippen LogP contribution in [-0.2, 0) is 6.54 Å². The van der Waals surface area contributed by atoms with E-state index in [4.69, 9.17) is 10.5 Å². The molecule has 1 aromatic carbocycles. The summed E-state index contributed by atoms with van der Waals surface area (Å²) >= 11 is 0. The molecule has 124 valence electrons. The standard InChI is InChI=1S/C18H26N4O/c1-21-12-7-15(8-13-21)23-17-6-3-2-5-16(17)18-20-10-14-22(18)11-4-9-19/h2-3,5-6,10,14-15H,4,7-9,11-13,19H2,1H3. The summed E-state index contributed by atoms with van der Waals surface area (Å²) < 4.78 is 8.47. The van der Waals surface area contributed by atoms with Gasteiger partial charge in [0.25, 0.3) is 0 Å². The molecule has 1 aliphatic heterocycles. The highest BCUT2D eigenvalue weighted by atomic mass is 16.5. The van der Waals surface area contributed by atoms with Gasteiger partial charge in [-0.15, -0.1) is 0 Å². The van der Waals surface area contributed by atoms with E-state index in [0.29, 0.717) is 12.6 Å². The number of nitrogens with two attached hydrogens (primary N) is 1. The largest absolute Gasteiger partial charge is 0.490 e. The number of aryl methyl sites for hydroxylation is 1. The van der Waals surface area contributed by atoms with E-state index in [2.05, 4.69) is 33.6 Å². The van der Waals surface area contributed by atoms with Crippen molar-refractivity contribution in [3.05, 3.63) is 36.7 Å². The van der Waals surface area contributed by atoms with Crippen LogP contribution in [0.15, 0.2) is 36.7 Å². The number of likely N-dealkylation sites (tertiary alicyclic amines) is 1. The molecule has 0 unspecified atom stereocenters. The Morgan fingerprint density at radius 3 is 2.83 bits per heavy atom. The first-order valence-corrected chi connectivity index (χ1v) is 8.43. The van der Waals surface area contributed by atoms with Gasteiger partial charge in [0.05, 0.1) is 5.56 Å². The SMILES string of the molecule is CN1CCC(Oc2ccccc2-c2nccn2CCCN)CC1. The highest BCUT2D eigenvalue weighted by Crippen LogP contribution is 2.30. The summed E-state index contributed by atoms with van der Waals surface area (Å²) in [6.07, 6.45) is 7.25. The van der Waals surface area contributed by atoms with E-state index in [0.717, 1.165) is 56.0 Å².